The Morgan fingerprint density at radius 3 is 2.00 bits per heavy atom. The van der Waals surface area contributed by atoms with Crippen molar-refractivity contribution in [1.29, 1.82) is 0 Å². The van der Waals surface area contributed by atoms with E-state index in [1.165, 1.54) is 6.07 Å². The van der Waals surface area contributed by atoms with E-state index >= 15 is 0 Å². The molecule has 0 aromatic heterocycles. The molecule has 0 amide bonds. The molecule has 0 heterocycles. The van der Waals surface area contributed by atoms with Gasteiger partial charge in [-0.1, -0.05) is 41.5 Å². The summed E-state index contributed by atoms with van der Waals surface area (Å²) in [4.78, 5) is 0. The summed E-state index contributed by atoms with van der Waals surface area (Å²) in [5, 5.41) is 0. The van der Waals surface area contributed by atoms with Crippen LogP contribution in [0.5, 0.6) is 0 Å². The normalized spacial score (nSPS) is 13.4. The Morgan fingerprint density at radius 2 is 1.52 bits per heavy atom. The molecule has 0 bridgehead atoms. The van der Waals surface area contributed by atoms with Crippen LogP contribution in [0.3, 0.4) is 0 Å². The van der Waals surface area contributed by atoms with Gasteiger partial charge in [0.25, 0.3) is 0 Å². The van der Waals surface area contributed by atoms with Crippen LogP contribution in [0.1, 0.15) is 59.6 Å². The molecule has 128 valence electrons. The topological polar surface area (TPSA) is 26.0 Å². The van der Waals surface area contributed by atoms with Gasteiger partial charge in [-0.05, 0) is 34.8 Å². The fraction of sp³-hybridized carbons (Fsp3) is 0.579. The average molecular weight is 338 g/mol. The molecule has 1 rings (SSSR count). The quantitative estimate of drug-likeness (QED) is 0.551. The average Bonchev–Trinajstić information content (AvgIpc) is 2.44. The lowest BCUT2D eigenvalue weighted by Crippen LogP contribution is -2.43. The first kappa shape index (κ1) is 19.9. The molecule has 0 saturated carbocycles. The first-order valence-corrected chi connectivity index (χ1v) is 10.6. The van der Waals surface area contributed by atoms with Gasteiger partial charge in [-0.25, -0.2) is 8.78 Å². The van der Waals surface area contributed by atoms with E-state index in [4.69, 9.17) is 5.73 Å². The predicted octanol–water partition coefficient (Wildman–Crippen LogP) is 5.58. The number of hydrogen-bond donors (Lipinski definition) is 1. The zero-order valence-corrected chi connectivity index (χ0v) is 16.1. The van der Waals surface area contributed by atoms with Crippen molar-refractivity contribution in [2.75, 3.05) is 0 Å². The minimum absolute atomic E-state index is 0.199. The van der Waals surface area contributed by atoms with Crippen molar-refractivity contribution in [3.8, 4) is 11.5 Å². The Hall–Kier alpha value is -1.18. The summed E-state index contributed by atoms with van der Waals surface area (Å²) in [7, 11) is -1.80. The van der Waals surface area contributed by atoms with E-state index in [0.29, 0.717) is 23.0 Å². The van der Waals surface area contributed by atoms with Crippen molar-refractivity contribution in [1.82, 2.24) is 0 Å². The number of rotatable bonds is 5. The van der Waals surface area contributed by atoms with Gasteiger partial charge in [0.15, 0.2) is 0 Å². The Kier molecular flexibility index (Phi) is 6.97. The van der Waals surface area contributed by atoms with Gasteiger partial charge >= 0.3 is 0 Å². The van der Waals surface area contributed by atoms with Gasteiger partial charge < -0.3 is 5.73 Å². The van der Waals surface area contributed by atoms with E-state index in [9.17, 15) is 8.78 Å². The van der Waals surface area contributed by atoms with Crippen LogP contribution in [0.25, 0.3) is 0 Å². The van der Waals surface area contributed by atoms with E-state index in [0.717, 1.165) is 12.1 Å². The fourth-order valence-corrected chi connectivity index (χ4v) is 8.93. The van der Waals surface area contributed by atoms with Crippen molar-refractivity contribution < 1.29 is 8.78 Å². The maximum absolute atomic E-state index is 13.8. The Labute approximate surface area is 140 Å². The van der Waals surface area contributed by atoms with Gasteiger partial charge in [0, 0.05) is 18.0 Å². The zero-order valence-electron chi connectivity index (χ0n) is 15.1. The number of hydrogen-bond acceptors (Lipinski definition) is 1. The van der Waals surface area contributed by atoms with Crippen LogP contribution in [0.4, 0.5) is 8.78 Å². The molecule has 1 aromatic rings. The molecular formula is C19H29F2NSi. The first-order chi connectivity index (χ1) is 10.6. The molecule has 1 atom stereocenters. The highest BCUT2D eigenvalue weighted by atomic mass is 28.3. The molecule has 0 saturated heterocycles. The summed E-state index contributed by atoms with van der Waals surface area (Å²) in [6.45, 7) is 13.5. The summed E-state index contributed by atoms with van der Waals surface area (Å²) < 4.78 is 27.1. The molecule has 23 heavy (non-hydrogen) atoms. The Balaban J connectivity index is 3.03. The van der Waals surface area contributed by atoms with Crippen LogP contribution >= 0.6 is 0 Å². The summed E-state index contributed by atoms with van der Waals surface area (Å²) in [5.41, 5.74) is 11.4. The molecule has 2 N–H and O–H groups in total. The van der Waals surface area contributed by atoms with Crippen LogP contribution < -0.4 is 5.73 Å². The number of halogens is 2. The lowest BCUT2D eigenvalue weighted by molar-refractivity contribution is 0.565. The number of nitrogens with two attached hydrogens (primary N) is 1. The lowest BCUT2D eigenvalue weighted by Gasteiger charge is -2.38. The molecule has 0 spiro atoms. The van der Waals surface area contributed by atoms with Crippen molar-refractivity contribution in [2.24, 2.45) is 5.73 Å². The molecule has 0 aliphatic carbocycles. The van der Waals surface area contributed by atoms with Crippen molar-refractivity contribution in [2.45, 2.75) is 70.6 Å². The highest BCUT2D eigenvalue weighted by Crippen LogP contribution is 2.40. The summed E-state index contributed by atoms with van der Waals surface area (Å²) in [6.07, 6.45) is 0.348. The van der Waals surface area contributed by atoms with Gasteiger partial charge in [0.2, 0.25) is 0 Å². The highest BCUT2D eigenvalue weighted by molar-refractivity contribution is 6.90. The van der Waals surface area contributed by atoms with E-state index in [-0.39, 0.29) is 5.56 Å². The second kappa shape index (κ2) is 8.08. The van der Waals surface area contributed by atoms with Gasteiger partial charge in [-0.2, -0.15) is 0 Å². The smallest absolute Gasteiger partial charge is 0.145 e. The lowest BCUT2D eigenvalue weighted by atomic mass is 10.0. The van der Waals surface area contributed by atoms with Crippen molar-refractivity contribution >= 4 is 8.07 Å². The fourth-order valence-electron chi connectivity index (χ4n) is 3.66. The first-order valence-electron chi connectivity index (χ1n) is 8.33. The monoisotopic (exact) mass is 337 g/mol. The predicted molar refractivity (Wildman–Crippen MR) is 96.7 cm³/mol. The molecule has 0 aliphatic heterocycles. The van der Waals surface area contributed by atoms with Crippen LogP contribution in [0.15, 0.2) is 18.2 Å². The SMILES string of the molecule is CC(C)[Si](C#CCC(N)c1cc(F)ccc1F)(C(C)C)C(C)C. The molecule has 4 heteroatoms. The van der Waals surface area contributed by atoms with E-state index in [1.54, 1.807) is 0 Å². The molecule has 0 radical (unpaired) electrons. The molecule has 1 nitrogen and oxygen atoms in total. The largest absolute Gasteiger partial charge is 0.323 e. The minimum atomic E-state index is -1.80. The van der Waals surface area contributed by atoms with Crippen LogP contribution in [-0.4, -0.2) is 8.07 Å². The zero-order chi connectivity index (χ0) is 17.8. The van der Waals surface area contributed by atoms with Gasteiger partial charge in [0.05, 0.1) is 0 Å². The number of benzene rings is 1. The van der Waals surface area contributed by atoms with Gasteiger partial charge in [0.1, 0.15) is 19.7 Å². The maximum Gasteiger partial charge on any atom is 0.145 e. The summed E-state index contributed by atoms with van der Waals surface area (Å²) in [5.74, 6) is 2.27. The third-order valence-corrected chi connectivity index (χ3v) is 11.2. The standard InChI is InChI=1S/C19H29F2NSi/c1-13(2)23(14(3)4,15(5)6)11-7-8-19(22)17-12-16(20)9-10-18(17)21/h9-10,12-15,19H,8,22H2,1-6H3. The Bertz CT molecular complexity index is 563. The van der Waals surface area contributed by atoms with Gasteiger partial charge in [-0.15, -0.1) is 11.5 Å². The van der Waals surface area contributed by atoms with E-state index < -0.39 is 25.8 Å². The van der Waals surface area contributed by atoms with Crippen molar-refractivity contribution in [3.05, 3.63) is 35.4 Å². The van der Waals surface area contributed by atoms with Crippen LogP contribution in [0.2, 0.25) is 16.6 Å². The van der Waals surface area contributed by atoms with Crippen LogP contribution in [-0.2, 0) is 0 Å². The molecular weight excluding hydrogens is 308 g/mol. The van der Waals surface area contributed by atoms with E-state index in [1.807, 2.05) is 0 Å². The highest BCUT2D eigenvalue weighted by Gasteiger charge is 2.41. The summed E-state index contributed by atoms with van der Waals surface area (Å²) in [6, 6.07) is 2.79. The van der Waals surface area contributed by atoms with Crippen molar-refractivity contribution in [3.63, 3.8) is 0 Å². The third-order valence-electron chi connectivity index (χ3n) is 4.85. The molecule has 1 aromatic carbocycles. The summed E-state index contributed by atoms with van der Waals surface area (Å²) >= 11 is 0. The molecule has 1 unspecified atom stereocenters. The maximum atomic E-state index is 13.8. The third kappa shape index (κ3) is 4.42. The minimum Gasteiger partial charge on any atom is -0.323 e. The van der Waals surface area contributed by atoms with Gasteiger partial charge in [-0.3, -0.25) is 0 Å². The van der Waals surface area contributed by atoms with E-state index in [2.05, 4.69) is 53.0 Å². The second-order valence-electron chi connectivity index (χ2n) is 7.18. The Morgan fingerprint density at radius 1 is 1.00 bits per heavy atom. The van der Waals surface area contributed by atoms with Crippen LogP contribution in [0, 0.1) is 23.1 Å². The second-order valence-corrected chi connectivity index (χ2v) is 12.8. The molecule has 0 aliphatic rings. The molecule has 0 fully saturated rings.